The Morgan fingerprint density at radius 3 is 2.72 bits per heavy atom. The number of primary amides is 1. The molecule has 1 saturated carbocycles. The SMILES string of the molecule is COc1ccccc1C(C)(NCC1CC1)C(N)=O. The largest absolute Gasteiger partial charge is 0.496 e. The van der Waals surface area contributed by atoms with Crippen LogP contribution >= 0.6 is 0 Å². The summed E-state index contributed by atoms with van der Waals surface area (Å²) < 4.78 is 5.32. The van der Waals surface area contributed by atoms with Crippen LogP contribution in [0.2, 0.25) is 0 Å². The maximum Gasteiger partial charge on any atom is 0.242 e. The normalized spacial score (nSPS) is 18.1. The second-order valence-corrected chi connectivity index (χ2v) is 5.01. The Balaban J connectivity index is 2.29. The van der Waals surface area contributed by atoms with Crippen LogP contribution in [0.5, 0.6) is 5.75 Å². The standard InChI is InChI=1S/C14H20N2O2/c1-14(13(15)17,16-9-10-7-8-10)11-5-3-4-6-12(11)18-2/h3-6,10,16H,7-9H2,1-2H3,(H2,15,17). The van der Waals surface area contributed by atoms with Crippen LogP contribution < -0.4 is 15.8 Å². The summed E-state index contributed by atoms with van der Waals surface area (Å²) in [5, 5.41) is 3.29. The van der Waals surface area contributed by atoms with Gasteiger partial charge < -0.3 is 10.5 Å². The summed E-state index contributed by atoms with van der Waals surface area (Å²) in [5.41, 5.74) is 5.49. The molecule has 1 fully saturated rings. The Morgan fingerprint density at radius 1 is 1.50 bits per heavy atom. The molecule has 0 heterocycles. The highest BCUT2D eigenvalue weighted by atomic mass is 16.5. The minimum absolute atomic E-state index is 0.382. The molecule has 0 aromatic heterocycles. The van der Waals surface area contributed by atoms with Crippen LogP contribution in [0.25, 0.3) is 0 Å². The molecule has 0 spiro atoms. The number of hydrogen-bond acceptors (Lipinski definition) is 3. The number of nitrogens with two attached hydrogens (primary N) is 1. The third-order valence-electron chi connectivity index (χ3n) is 3.58. The number of hydrogen-bond donors (Lipinski definition) is 2. The summed E-state index contributed by atoms with van der Waals surface area (Å²) >= 11 is 0. The van der Waals surface area contributed by atoms with Crippen LogP contribution in [0.3, 0.4) is 0 Å². The van der Waals surface area contributed by atoms with E-state index in [0.29, 0.717) is 11.7 Å². The predicted molar refractivity (Wildman–Crippen MR) is 70.3 cm³/mol. The van der Waals surface area contributed by atoms with Crippen molar-refractivity contribution in [3.8, 4) is 5.75 Å². The molecule has 4 heteroatoms. The first-order valence-electron chi connectivity index (χ1n) is 6.26. The van der Waals surface area contributed by atoms with Gasteiger partial charge in [-0.2, -0.15) is 0 Å². The van der Waals surface area contributed by atoms with E-state index in [0.717, 1.165) is 12.1 Å². The van der Waals surface area contributed by atoms with Crippen molar-refractivity contribution in [3.05, 3.63) is 29.8 Å². The summed E-state index contributed by atoms with van der Waals surface area (Å²) in [5.74, 6) is 0.980. The first-order valence-corrected chi connectivity index (χ1v) is 6.26. The van der Waals surface area contributed by atoms with Gasteiger partial charge in [0.1, 0.15) is 11.3 Å². The van der Waals surface area contributed by atoms with Gasteiger partial charge in [0.25, 0.3) is 0 Å². The molecule has 2 rings (SSSR count). The van der Waals surface area contributed by atoms with Gasteiger partial charge in [0.2, 0.25) is 5.91 Å². The van der Waals surface area contributed by atoms with E-state index in [1.165, 1.54) is 12.8 Å². The molecule has 1 aliphatic rings. The van der Waals surface area contributed by atoms with Crippen molar-refractivity contribution >= 4 is 5.91 Å². The Labute approximate surface area is 108 Å². The van der Waals surface area contributed by atoms with Crippen molar-refractivity contribution in [2.45, 2.75) is 25.3 Å². The van der Waals surface area contributed by atoms with Crippen molar-refractivity contribution in [1.29, 1.82) is 0 Å². The predicted octanol–water partition coefficient (Wildman–Crippen LogP) is 1.40. The highest BCUT2D eigenvalue weighted by Gasteiger charge is 2.37. The minimum atomic E-state index is -0.880. The van der Waals surface area contributed by atoms with Gasteiger partial charge in [-0.05, 0) is 38.3 Å². The topological polar surface area (TPSA) is 64.3 Å². The molecule has 1 atom stereocenters. The lowest BCUT2D eigenvalue weighted by atomic mass is 9.90. The Hall–Kier alpha value is -1.55. The average molecular weight is 248 g/mol. The average Bonchev–Trinajstić information content (AvgIpc) is 3.19. The van der Waals surface area contributed by atoms with E-state index in [1.807, 2.05) is 31.2 Å². The quantitative estimate of drug-likeness (QED) is 0.799. The number of amides is 1. The van der Waals surface area contributed by atoms with E-state index in [1.54, 1.807) is 7.11 Å². The fourth-order valence-corrected chi connectivity index (χ4v) is 2.04. The fraction of sp³-hybridized carbons (Fsp3) is 0.500. The van der Waals surface area contributed by atoms with Gasteiger partial charge in [-0.15, -0.1) is 0 Å². The molecule has 0 bridgehead atoms. The lowest BCUT2D eigenvalue weighted by Crippen LogP contribution is -2.51. The van der Waals surface area contributed by atoms with E-state index in [9.17, 15) is 4.79 Å². The third-order valence-corrected chi connectivity index (χ3v) is 3.58. The molecular weight excluding hydrogens is 228 g/mol. The first-order chi connectivity index (χ1) is 8.58. The molecule has 1 aromatic carbocycles. The van der Waals surface area contributed by atoms with Crippen LogP contribution in [0, 0.1) is 5.92 Å². The summed E-state index contributed by atoms with van der Waals surface area (Å²) in [6.45, 7) is 2.63. The van der Waals surface area contributed by atoms with Crippen LogP contribution in [0.4, 0.5) is 0 Å². The molecule has 1 unspecified atom stereocenters. The molecule has 1 aliphatic carbocycles. The second-order valence-electron chi connectivity index (χ2n) is 5.01. The number of methoxy groups -OCH3 is 1. The van der Waals surface area contributed by atoms with E-state index in [2.05, 4.69) is 5.32 Å². The van der Waals surface area contributed by atoms with Crippen LogP contribution in [0.15, 0.2) is 24.3 Å². The second kappa shape index (κ2) is 4.98. The third kappa shape index (κ3) is 2.48. The van der Waals surface area contributed by atoms with Crippen LogP contribution in [0.1, 0.15) is 25.3 Å². The molecule has 0 aliphatic heterocycles. The number of carbonyl (C=O) groups excluding carboxylic acids is 1. The number of nitrogens with one attached hydrogen (secondary N) is 1. The monoisotopic (exact) mass is 248 g/mol. The van der Waals surface area contributed by atoms with Crippen LogP contribution in [-0.2, 0) is 10.3 Å². The molecule has 0 saturated heterocycles. The highest BCUT2D eigenvalue weighted by molar-refractivity contribution is 5.86. The molecule has 3 N–H and O–H groups in total. The lowest BCUT2D eigenvalue weighted by molar-refractivity contribution is -0.124. The van der Waals surface area contributed by atoms with E-state index in [4.69, 9.17) is 10.5 Å². The number of rotatable bonds is 6. The zero-order chi connectivity index (χ0) is 13.2. The molecule has 18 heavy (non-hydrogen) atoms. The number of carbonyl (C=O) groups is 1. The maximum absolute atomic E-state index is 11.8. The number of ether oxygens (including phenoxy) is 1. The van der Waals surface area contributed by atoms with Crippen molar-refractivity contribution in [2.75, 3.05) is 13.7 Å². The van der Waals surface area contributed by atoms with Gasteiger partial charge in [-0.25, -0.2) is 0 Å². The van der Waals surface area contributed by atoms with Crippen molar-refractivity contribution < 1.29 is 9.53 Å². The van der Waals surface area contributed by atoms with Crippen LogP contribution in [-0.4, -0.2) is 19.6 Å². The van der Waals surface area contributed by atoms with Gasteiger partial charge in [-0.1, -0.05) is 18.2 Å². The molecule has 0 radical (unpaired) electrons. The van der Waals surface area contributed by atoms with Gasteiger partial charge in [0.15, 0.2) is 0 Å². The van der Waals surface area contributed by atoms with Gasteiger partial charge in [-0.3, -0.25) is 10.1 Å². The Morgan fingerprint density at radius 2 is 2.17 bits per heavy atom. The van der Waals surface area contributed by atoms with E-state index in [-0.39, 0.29) is 5.91 Å². The Kier molecular flexibility index (Phi) is 3.57. The molecule has 98 valence electrons. The van der Waals surface area contributed by atoms with Crippen molar-refractivity contribution in [1.82, 2.24) is 5.32 Å². The molecular formula is C14H20N2O2. The lowest BCUT2D eigenvalue weighted by Gasteiger charge is -2.29. The van der Waals surface area contributed by atoms with E-state index >= 15 is 0 Å². The fourth-order valence-electron chi connectivity index (χ4n) is 2.04. The van der Waals surface area contributed by atoms with Crippen molar-refractivity contribution in [3.63, 3.8) is 0 Å². The number of benzene rings is 1. The minimum Gasteiger partial charge on any atom is -0.496 e. The molecule has 1 amide bonds. The summed E-state index contributed by atoms with van der Waals surface area (Å²) in [6.07, 6.45) is 2.46. The zero-order valence-corrected chi connectivity index (χ0v) is 10.9. The zero-order valence-electron chi connectivity index (χ0n) is 10.9. The van der Waals surface area contributed by atoms with Crippen molar-refractivity contribution in [2.24, 2.45) is 11.7 Å². The highest BCUT2D eigenvalue weighted by Crippen LogP contribution is 2.32. The van der Waals surface area contributed by atoms with Gasteiger partial charge in [0.05, 0.1) is 7.11 Å². The first kappa shape index (κ1) is 12.9. The Bertz CT molecular complexity index is 443. The van der Waals surface area contributed by atoms with E-state index < -0.39 is 5.54 Å². The summed E-state index contributed by atoms with van der Waals surface area (Å²) in [4.78, 5) is 11.8. The van der Waals surface area contributed by atoms with Gasteiger partial charge in [0, 0.05) is 5.56 Å². The molecule has 1 aromatic rings. The number of para-hydroxylation sites is 1. The maximum atomic E-state index is 11.8. The smallest absolute Gasteiger partial charge is 0.242 e. The summed E-state index contributed by atoms with van der Waals surface area (Å²) in [6, 6.07) is 7.49. The van der Waals surface area contributed by atoms with Gasteiger partial charge >= 0.3 is 0 Å². The summed E-state index contributed by atoms with van der Waals surface area (Å²) in [7, 11) is 1.60. The molecule has 4 nitrogen and oxygen atoms in total.